The molecule has 1 saturated heterocycles. The van der Waals surface area contributed by atoms with Gasteiger partial charge in [0.25, 0.3) is 0 Å². The van der Waals surface area contributed by atoms with Crippen molar-refractivity contribution < 1.29 is 14.7 Å². The highest BCUT2D eigenvalue weighted by molar-refractivity contribution is 8.14. The van der Waals surface area contributed by atoms with E-state index in [0.29, 0.717) is 13.0 Å². The lowest BCUT2D eigenvalue weighted by Gasteiger charge is -2.22. The van der Waals surface area contributed by atoms with Crippen molar-refractivity contribution in [3.05, 3.63) is 0 Å². The van der Waals surface area contributed by atoms with Gasteiger partial charge in [-0.05, 0) is 6.92 Å². The van der Waals surface area contributed by atoms with Gasteiger partial charge < -0.3 is 10.0 Å². The summed E-state index contributed by atoms with van der Waals surface area (Å²) in [6.07, 6.45) is 0.411. The van der Waals surface area contributed by atoms with Crippen LogP contribution in [-0.4, -0.2) is 45.5 Å². The fourth-order valence-electron chi connectivity index (χ4n) is 1.54. The number of thioether (sulfide) groups is 1. The third-order valence-electron chi connectivity index (χ3n) is 2.25. The Balaban J connectivity index is 2.51. The molecule has 1 rings (SSSR count). The molecule has 80 valence electrons. The van der Waals surface area contributed by atoms with Crippen LogP contribution in [0.4, 0.5) is 0 Å². The molecule has 0 aromatic rings. The van der Waals surface area contributed by atoms with Crippen molar-refractivity contribution in [3.63, 3.8) is 0 Å². The largest absolute Gasteiger partial charge is 0.394 e. The summed E-state index contributed by atoms with van der Waals surface area (Å²) in [6.45, 7) is 3.86. The summed E-state index contributed by atoms with van der Waals surface area (Å²) in [5, 5.41) is 9.02. The lowest BCUT2D eigenvalue weighted by atomic mass is 10.3. The molecule has 0 spiro atoms. The standard InChI is InChI=1S/C9H15NO3S/c1-6(5-11)10-4-8(3-9(10)13)14-7(2)12/h6,8,11H,3-5H2,1-2H3. The van der Waals surface area contributed by atoms with Crippen LogP contribution in [0.1, 0.15) is 20.3 Å². The molecule has 2 atom stereocenters. The van der Waals surface area contributed by atoms with Crippen molar-refractivity contribution in [2.45, 2.75) is 31.6 Å². The van der Waals surface area contributed by atoms with Gasteiger partial charge in [0.1, 0.15) is 0 Å². The zero-order chi connectivity index (χ0) is 10.7. The number of aliphatic hydroxyl groups is 1. The van der Waals surface area contributed by atoms with Crippen LogP contribution in [0.15, 0.2) is 0 Å². The van der Waals surface area contributed by atoms with Crippen molar-refractivity contribution in [1.82, 2.24) is 4.90 Å². The summed E-state index contributed by atoms with van der Waals surface area (Å²) < 4.78 is 0. The molecule has 14 heavy (non-hydrogen) atoms. The predicted octanol–water partition coefficient (Wildman–Crippen LogP) is 0.248. The molecule has 0 saturated carbocycles. The molecular formula is C9H15NO3S. The fraction of sp³-hybridized carbons (Fsp3) is 0.778. The Kier molecular flexibility index (Phi) is 3.95. The maximum Gasteiger partial charge on any atom is 0.224 e. The third-order valence-corrected chi connectivity index (χ3v) is 3.23. The molecule has 0 aromatic heterocycles. The summed E-state index contributed by atoms with van der Waals surface area (Å²) in [7, 11) is 0. The van der Waals surface area contributed by atoms with Gasteiger partial charge in [-0.25, -0.2) is 0 Å². The SMILES string of the molecule is CC(=O)SC1CC(=O)N(C(C)CO)C1. The summed E-state index contributed by atoms with van der Waals surface area (Å²) in [5.74, 6) is 0.0327. The summed E-state index contributed by atoms with van der Waals surface area (Å²) in [5.41, 5.74) is 0. The predicted molar refractivity (Wildman–Crippen MR) is 54.9 cm³/mol. The highest BCUT2D eigenvalue weighted by atomic mass is 32.2. The van der Waals surface area contributed by atoms with Crippen molar-refractivity contribution in [3.8, 4) is 0 Å². The molecule has 1 N–H and O–H groups in total. The normalized spacial score (nSPS) is 24.1. The number of likely N-dealkylation sites (tertiary alicyclic amines) is 1. The quantitative estimate of drug-likeness (QED) is 0.736. The molecule has 1 aliphatic heterocycles. The second-order valence-electron chi connectivity index (χ2n) is 3.51. The fourth-order valence-corrected chi connectivity index (χ4v) is 2.47. The topological polar surface area (TPSA) is 57.6 Å². The first-order valence-electron chi connectivity index (χ1n) is 4.62. The lowest BCUT2D eigenvalue weighted by molar-refractivity contribution is -0.130. The van der Waals surface area contributed by atoms with E-state index in [-0.39, 0.29) is 28.9 Å². The molecule has 1 fully saturated rings. The van der Waals surface area contributed by atoms with Crippen LogP contribution in [0.2, 0.25) is 0 Å². The average molecular weight is 217 g/mol. The molecule has 0 bridgehead atoms. The van der Waals surface area contributed by atoms with Crippen molar-refractivity contribution in [2.24, 2.45) is 0 Å². The first-order valence-corrected chi connectivity index (χ1v) is 5.50. The van der Waals surface area contributed by atoms with E-state index in [9.17, 15) is 9.59 Å². The maximum absolute atomic E-state index is 11.5. The average Bonchev–Trinajstić information content (AvgIpc) is 2.44. The number of rotatable bonds is 3. The lowest BCUT2D eigenvalue weighted by Crippen LogP contribution is -2.37. The minimum absolute atomic E-state index is 0.0246. The van der Waals surface area contributed by atoms with Gasteiger partial charge >= 0.3 is 0 Å². The minimum Gasteiger partial charge on any atom is -0.394 e. The Hall–Kier alpha value is -0.550. The molecule has 0 aromatic carbocycles. The maximum atomic E-state index is 11.5. The smallest absolute Gasteiger partial charge is 0.224 e. The van der Waals surface area contributed by atoms with Gasteiger partial charge in [-0.1, -0.05) is 11.8 Å². The first-order chi connectivity index (χ1) is 6.54. The molecule has 0 aliphatic carbocycles. The Morgan fingerprint density at radius 1 is 1.79 bits per heavy atom. The van der Waals surface area contributed by atoms with Gasteiger partial charge in [-0.3, -0.25) is 9.59 Å². The highest BCUT2D eigenvalue weighted by Gasteiger charge is 2.33. The third kappa shape index (κ3) is 2.72. The molecule has 1 amide bonds. The van der Waals surface area contributed by atoms with E-state index >= 15 is 0 Å². The number of carbonyl (C=O) groups excluding carboxylic acids is 2. The second kappa shape index (κ2) is 4.79. The van der Waals surface area contributed by atoms with E-state index in [0.717, 1.165) is 0 Å². The number of aliphatic hydroxyl groups excluding tert-OH is 1. The van der Waals surface area contributed by atoms with Gasteiger partial charge in [-0.2, -0.15) is 0 Å². The van der Waals surface area contributed by atoms with Gasteiger partial charge in [0, 0.05) is 25.1 Å². The summed E-state index contributed by atoms with van der Waals surface area (Å²) in [6, 6.07) is -0.139. The second-order valence-corrected chi connectivity index (χ2v) is 4.99. The molecule has 1 heterocycles. The van der Waals surface area contributed by atoms with E-state index in [1.165, 1.54) is 18.7 Å². The van der Waals surface area contributed by atoms with E-state index in [1.54, 1.807) is 11.8 Å². The number of hydrogen-bond donors (Lipinski definition) is 1. The van der Waals surface area contributed by atoms with Crippen molar-refractivity contribution in [1.29, 1.82) is 0 Å². The zero-order valence-electron chi connectivity index (χ0n) is 8.40. The molecule has 1 aliphatic rings. The van der Waals surface area contributed by atoms with Crippen LogP contribution in [0, 0.1) is 0 Å². The Morgan fingerprint density at radius 3 is 2.93 bits per heavy atom. The number of carbonyl (C=O) groups is 2. The minimum atomic E-state index is -0.139. The number of hydrogen-bond acceptors (Lipinski definition) is 4. The van der Waals surface area contributed by atoms with E-state index in [4.69, 9.17) is 5.11 Å². The van der Waals surface area contributed by atoms with Gasteiger partial charge in [0.2, 0.25) is 5.91 Å². The van der Waals surface area contributed by atoms with Crippen molar-refractivity contribution >= 4 is 22.8 Å². The van der Waals surface area contributed by atoms with Gasteiger partial charge in [0.15, 0.2) is 5.12 Å². The van der Waals surface area contributed by atoms with Gasteiger partial charge in [-0.15, -0.1) is 0 Å². The van der Waals surface area contributed by atoms with Crippen LogP contribution in [0.3, 0.4) is 0 Å². The Morgan fingerprint density at radius 2 is 2.43 bits per heavy atom. The highest BCUT2D eigenvalue weighted by Crippen LogP contribution is 2.25. The van der Waals surface area contributed by atoms with E-state index < -0.39 is 0 Å². The van der Waals surface area contributed by atoms with Gasteiger partial charge in [0.05, 0.1) is 12.6 Å². The van der Waals surface area contributed by atoms with E-state index in [2.05, 4.69) is 0 Å². The summed E-state index contributed by atoms with van der Waals surface area (Å²) in [4.78, 5) is 23.9. The Labute approximate surface area is 87.7 Å². The van der Waals surface area contributed by atoms with Crippen LogP contribution in [0.5, 0.6) is 0 Å². The molecule has 5 heteroatoms. The monoisotopic (exact) mass is 217 g/mol. The number of nitrogens with zero attached hydrogens (tertiary/aromatic N) is 1. The van der Waals surface area contributed by atoms with Crippen LogP contribution in [0.25, 0.3) is 0 Å². The number of amides is 1. The summed E-state index contributed by atoms with van der Waals surface area (Å²) >= 11 is 1.21. The molecular weight excluding hydrogens is 202 g/mol. The molecule has 0 radical (unpaired) electrons. The van der Waals surface area contributed by atoms with Crippen LogP contribution >= 0.6 is 11.8 Å². The van der Waals surface area contributed by atoms with Crippen LogP contribution < -0.4 is 0 Å². The first kappa shape index (κ1) is 11.5. The Bertz CT molecular complexity index is 244. The van der Waals surface area contributed by atoms with Crippen molar-refractivity contribution in [2.75, 3.05) is 13.2 Å². The zero-order valence-corrected chi connectivity index (χ0v) is 9.21. The molecule has 2 unspecified atom stereocenters. The molecule has 4 nitrogen and oxygen atoms in total. The van der Waals surface area contributed by atoms with E-state index in [1.807, 2.05) is 0 Å². The van der Waals surface area contributed by atoms with Crippen LogP contribution in [-0.2, 0) is 9.59 Å².